The van der Waals surface area contributed by atoms with Crippen LogP contribution < -0.4 is 5.32 Å². The van der Waals surface area contributed by atoms with Crippen molar-refractivity contribution in [2.24, 2.45) is 0 Å². The van der Waals surface area contributed by atoms with Gasteiger partial charge in [-0.1, -0.05) is 11.6 Å². The lowest BCUT2D eigenvalue weighted by atomic mass is 10.0. The second kappa shape index (κ2) is 5.62. The molecule has 1 aromatic rings. The summed E-state index contributed by atoms with van der Waals surface area (Å²) >= 11 is 5.87. The standard InChI is InChI=1S/C12H18ClN3/c1-16(11-3-5-14-6-4-11)9-10-2-7-15-12(13)8-10/h2,7-8,11,14H,3-6,9H2,1H3. The molecule has 1 saturated heterocycles. The molecule has 0 spiro atoms. The van der Waals surface area contributed by atoms with Gasteiger partial charge in [0, 0.05) is 18.8 Å². The molecule has 0 saturated carbocycles. The van der Waals surface area contributed by atoms with Crippen LogP contribution in [0.3, 0.4) is 0 Å². The number of piperidine rings is 1. The number of aromatic nitrogens is 1. The smallest absolute Gasteiger partial charge is 0.129 e. The number of hydrogen-bond donors (Lipinski definition) is 1. The fourth-order valence-corrected chi connectivity index (χ4v) is 2.40. The monoisotopic (exact) mass is 239 g/mol. The molecule has 0 radical (unpaired) electrons. The number of pyridine rings is 1. The molecule has 0 unspecified atom stereocenters. The molecule has 0 amide bonds. The zero-order valence-electron chi connectivity index (χ0n) is 9.62. The predicted octanol–water partition coefficient (Wildman–Crippen LogP) is 1.92. The van der Waals surface area contributed by atoms with E-state index in [9.17, 15) is 0 Å². The first-order valence-corrected chi connectivity index (χ1v) is 6.15. The summed E-state index contributed by atoms with van der Waals surface area (Å²) in [6, 6.07) is 4.66. The van der Waals surface area contributed by atoms with Gasteiger partial charge in [0.2, 0.25) is 0 Å². The highest BCUT2D eigenvalue weighted by Gasteiger charge is 2.17. The maximum atomic E-state index is 5.87. The molecule has 1 aromatic heterocycles. The molecule has 2 rings (SSSR count). The highest BCUT2D eigenvalue weighted by atomic mass is 35.5. The van der Waals surface area contributed by atoms with E-state index in [0.29, 0.717) is 11.2 Å². The van der Waals surface area contributed by atoms with Crippen LogP contribution in [0.15, 0.2) is 18.3 Å². The zero-order chi connectivity index (χ0) is 11.4. The Balaban J connectivity index is 1.93. The van der Waals surface area contributed by atoms with E-state index in [0.717, 1.165) is 19.6 Å². The molecular formula is C12H18ClN3. The van der Waals surface area contributed by atoms with Crippen LogP contribution in [0.5, 0.6) is 0 Å². The molecule has 0 aliphatic carbocycles. The Morgan fingerprint density at radius 2 is 2.25 bits per heavy atom. The van der Waals surface area contributed by atoms with E-state index in [2.05, 4.69) is 22.2 Å². The van der Waals surface area contributed by atoms with Crippen molar-refractivity contribution in [3.8, 4) is 0 Å². The first-order chi connectivity index (χ1) is 7.75. The molecule has 1 N–H and O–H groups in total. The Hall–Kier alpha value is -0.640. The second-order valence-corrected chi connectivity index (χ2v) is 4.77. The van der Waals surface area contributed by atoms with Crippen LogP contribution in [0.2, 0.25) is 5.15 Å². The van der Waals surface area contributed by atoms with E-state index < -0.39 is 0 Å². The Kier molecular flexibility index (Phi) is 4.16. The van der Waals surface area contributed by atoms with Crippen LogP contribution >= 0.6 is 11.6 Å². The van der Waals surface area contributed by atoms with E-state index >= 15 is 0 Å². The van der Waals surface area contributed by atoms with Crippen LogP contribution in [-0.4, -0.2) is 36.1 Å². The number of rotatable bonds is 3. The van der Waals surface area contributed by atoms with Gasteiger partial charge in [0.15, 0.2) is 0 Å². The van der Waals surface area contributed by atoms with Gasteiger partial charge in [-0.2, -0.15) is 0 Å². The predicted molar refractivity (Wildman–Crippen MR) is 66.6 cm³/mol. The fraction of sp³-hybridized carbons (Fsp3) is 0.583. The molecule has 0 aromatic carbocycles. The molecule has 0 bridgehead atoms. The molecule has 0 atom stereocenters. The molecule has 3 nitrogen and oxygen atoms in total. The van der Waals surface area contributed by atoms with Crippen molar-refractivity contribution in [2.75, 3.05) is 20.1 Å². The zero-order valence-corrected chi connectivity index (χ0v) is 10.4. The van der Waals surface area contributed by atoms with Crippen molar-refractivity contribution in [3.05, 3.63) is 29.0 Å². The number of nitrogens with zero attached hydrogens (tertiary/aromatic N) is 2. The average molecular weight is 240 g/mol. The molecule has 1 aliphatic rings. The van der Waals surface area contributed by atoms with Crippen LogP contribution in [0.25, 0.3) is 0 Å². The lowest BCUT2D eigenvalue weighted by molar-refractivity contribution is 0.192. The number of nitrogens with one attached hydrogen (secondary N) is 1. The summed E-state index contributed by atoms with van der Waals surface area (Å²) in [5.74, 6) is 0. The van der Waals surface area contributed by atoms with Gasteiger partial charge in [-0.05, 0) is 50.7 Å². The van der Waals surface area contributed by atoms with E-state index in [4.69, 9.17) is 11.6 Å². The Bertz CT molecular complexity index is 337. The topological polar surface area (TPSA) is 28.2 Å². The Labute approximate surface area is 102 Å². The van der Waals surface area contributed by atoms with Crippen molar-refractivity contribution in [3.63, 3.8) is 0 Å². The molecule has 16 heavy (non-hydrogen) atoms. The first-order valence-electron chi connectivity index (χ1n) is 5.77. The number of halogens is 1. The maximum Gasteiger partial charge on any atom is 0.129 e. The third-order valence-corrected chi connectivity index (χ3v) is 3.36. The number of hydrogen-bond acceptors (Lipinski definition) is 3. The Morgan fingerprint density at radius 3 is 2.94 bits per heavy atom. The minimum atomic E-state index is 0.580. The lowest BCUT2D eigenvalue weighted by Crippen LogP contribution is -2.40. The summed E-state index contributed by atoms with van der Waals surface area (Å²) in [6.07, 6.45) is 4.23. The first kappa shape index (κ1) is 11.8. The van der Waals surface area contributed by atoms with Gasteiger partial charge < -0.3 is 5.32 Å². The minimum Gasteiger partial charge on any atom is -0.317 e. The lowest BCUT2D eigenvalue weighted by Gasteiger charge is -2.31. The van der Waals surface area contributed by atoms with Crippen molar-refractivity contribution >= 4 is 11.6 Å². The van der Waals surface area contributed by atoms with E-state index in [1.807, 2.05) is 12.1 Å². The molecule has 1 fully saturated rings. The van der Waals surface area contributed by atoms with E-state index in [-0.39, 0.29) is 0 Å². The second-order valence-electron chi connectivity index (χ2n) is 4.38. The van der Waals surface area contributed by atoms with Gasteiger partial charge in [0.1, 0.15) is 5.15 Å². The van der Waals surface area contributed by atoms with Gasteiger partial charge in [-0.25, -0.2) is 4.98 Å². The highest BCUT2D eigenvalue weighted by Crippen LogP contribution is 2.14. The largest absolute Gasteiger partial charge is 0.317 e. The van der Waals surface area contributed by atoms with Crippen molar-refractivity contribution in [2.45, 2.75) is 25.4 Å². The summed E-state index contributed by atoms with van der Waals surface area (Å²) in [5.41, 5.74) is 1.24. The summed E-state index contributed by atoms with van der Waals surface area (Å²) in [7, 11) is 2.18. The third kappa shape index (κ3) is 3.17. The maximum absolute atomic E-state index is 5.87. The van der Waals surface area contributed by atoms with Gasteiger partial charge in [0.25, 0.3) is 0 Å². The van der Waals surface area contributed by atoms with E-state index in [1.165, 1.54) is 18.4 Å². The summed E-state index contributed by atoms with van der Waals surface area (Å²) in [6.45, 7) is 3.21. The summed E-state index contributed by atoms with van der Waals surface area (Å²) in [4.78, 5) is 6.41. The summed E-state index contributed by atoms with van der Waals surface area (Å²) < 4.78 is 0. The van der Waals surface area contributed by atoms with Crippen LogP contribution in [0.1, 0.15) is 18.4 Å². The molecule has 2 heterocycles. The fourth-order valence-electron chi connectivity index (χ4n) is 2.21. The molecule has 1 aliphatic heterocycles. The highest BCUT2D eigenvalue weighted by molar-refractivity contribution is 6.29. The minimum absolute atomic E-state index is 0.580. The Morgan fingerprint density at radius 1 is 1.50 bits per heavy atom. The van der Waals surface area contributed by atoms with Gasteiger partial charge in [-0.15, -0.1) is 0 Å². The summed E-state index contributed by atoms with van der Waals surface area (Å²) in [5, 5.41) is 3.96. The third-order valence-electron chi connectivity index (χ3n) is 3.15. The normalized spacial score (nSPS) is 17.9. The molecule has 88 valence electrons. The van der Waals surface area contributed by atoms with Gasteiger partial charge >= 0.3 is 0 Å². The van der Waals surface area contributed by atoms with Crippen molar-refractivity contribution < 1.29 is 0 Å². The average Bonchev–Trinajstić information content (AvgIpc) is 2.30. The quantitative estimate of drug-likeness (QED) is 0.817. The van der Waals surface area contributed by atoms with Crippen molar-refractivity contribution in [1.29, 1.82) is 0 Å². The molecular weight excluding hydrogens is 222 g/mol. The van der Waals surface area contributed by atoms with Gasteiger partial charge in [0.05, 0.1) is 0 Å². The molecule has 4 heteroatoms. The van der Waals surface area contributed by atoms with E-state index in [1.54, 1.807) is 6.20 Å². The van der Waals surface area contributed by atoms with Gasteiger partial charge in [-0.3, -0.25) is 4.90 Å². The van der Waals surface area contributed by atoms with Crippen LogP contribution in [0, 0.1) is 0 Å². The van der Waals surface area contributed by atoms with Crippen LogP contribution in [0.4, 0.5) is 0 Å². The van der Waals surface area contributed by atoms with Crippen molar-refractivity contribution in [1.82, 2.24) is 15.2 Å². The SMILES string of the molecule is CN(Cc1ccnc(Cl)c1)C1CCNCC1. The van der Waals surface area contributed by atoms with Crippen LogP contribution in [-0.2, 0) is 6.54 Å².